The molecule has 6 N–H and O–H groups in total. The molecule has 0 aromatic carbocycles. The van der Waals surface area contributed by atoms with E-state index in [1.165, 1.54) is 18.5 Å². The average molecular weight is 151 g/mol. The Balaban J connectivity index is 2.93. The lowest BCUT2D eigenvalue weighted by atomic mass is 10.2. The number of nitrogens with one attached hydrogen (secondary N) is 2. The van der Waals surface area contributed by atoms with Crippen molar-refractivity contribution in [3.63, 3.8) is 0 Å². The molecular formula is C6H9N5. The molecule has 0 amide bonds. The lowest BCUT2D eigenvalue weighted by Gasteiger charge is -1.92. The van der Waals surface area contributed by atoms with Gasteiger partial charge in [0.25, 0.3) is 0 Å². The van der Waals surface area contributed by atoms with E-state index in [1.807, 2.05) is 0 Å². The first-order chi connectivity index (χ1) is 5.25. The Labute approximate surface area is 63.6 Å². The molecule has 0 bridgehead atoms. The first-order valence-corrected chi connectivity index (χ1v) is 3.01. The topological polar surface area (TPSA) is 105 Å². The van der Waals surface area contributed by atoms with Crippen LogP contribution in [0.15, 0.2) is 18.5 Å². The number of rotatable bonds is 2. The molecule has 58 valence electrons. The fourth-order valence-electron chi connectivity index (χ4n) is 0.697. The van der Waals surface area contributed by atoms with Crippen molar-refractivity contribution in [2.45, 2.75) is 0 Å². The normalized spacial score (nSPS) is 10.5. The summed E-state index contributed by atoms with van der Waals surface area (Å²) in [5, 5.41) is 13.6. The second-order valence-corrected chi connectivity index (χ2v) is 1.97. The summed E-state index contributed by atoms with van der Waals surface area (Å²) >= 11 is 0. The molecule has 5 heteroatoms. The molecule has 1 rings (SSSR count). The van der Waals surface area contributed by atoms with Crippen LogP contribution >= 0.6 is 0 Å². The minimum atomic E-state index is 0.249. The Bertz CT molecular complexity index is 285. The standard InChI is InChI=1S/C6H9N5/c7-2-1-5(8)4-3-10-11-6(4)9/h1-3,8H,7H2,(H3,9,10,11)/b2-1-,8-5?. The van der Waals surface area contributed by atoms with E-state index >= 15 is 0 Å². The van der Waals surface area contributed by atoms with Gasteiger partial charge in [-0.1, -0.05) is 0 Å². The number of aromatic nitrogens is 2. The van der Waals surface area contributed by atoms with Gasteiger partial charge in [0, 0.05) is 0 Å². The first kappa shape index (κ1) is 7.33. The Hall–Kier alpha value is -1.78. The monoisotopic (exact) mass is 151 g/mol. The Morgan fingerprint density at radius 1 is 1.73 bits per heavy atom. The van der Waals surface area contributed by atoms with Crippen LogP contribution in [0.25, 0.3) is 0 Å². The molecule has 1 aromatic rings. The van der Waals surface area contributed by atoms with Crippen LogP contribution in [-0.4, -0.2) is 15.9 Å². The molecule has 0 aliphatic heterocycles. The molecule has 0 aliphatic rings. The average Bonchev–Trinajstić information content (AvgIpc) is 2.36. The van der Waals surface area contributed by atoms with Gasteiger partial charge in [-0.05, 0) is 12.3 Å². The zero-order valence-electron chi connectivity index (χ0n) is 5.83. The molecule has 1 aromatic heterocycles. The van der Waals surface area contributed by atoms with Crippen molar-refractivity contribution in [2.24, 2.45) is 5.73 Å². The molecule has 1 heterocycles. The molecule has 0 atom stereocenters. The van der Waals surface area contributed by atoms with Crippen LogP contribution in [0.1, 0.15) is 5.56 Å². The second-order valence-electron chi connectivity index (χ2n) is 1.97. The number of H-pyrrole nitrogens is 1. The predicted octanol–water partition coefficient (Wildman–Crippen LogP) is -0.168. The number of allylic oxidation sites excluding steroid dienone is 1. The highest BCUT2D eigenvalue weighted by Crippen LogP contribution is 2.06. The van der Waals surface area contributed by atoms with Crippen molar-refractivity contribution < 1.29 is 0 Å². The Morgan fingerprint density at radius 2 is 2.45 bits per heavy atom. The summed E-state index contributed by atoms with van der Waals surface area (Å²) in [6, 6.07) is 0. The van der Waals surface area contributed by atoms with Gasteiger partial charge in [-0.15, -0.1) is 0 Å². The van der Waals surface area contributed by atoms with Crippen molar-refractivity contribution in [3.8, 4) is 0 Å². The van der Waals surface area contributed by atoms with Crippen LogP contribution in [0.2, 0.25) is 0 Å². The molecule has 0 spiro atoms. The molecule has 0 saturated heterocycles. The van der Waals surface area contributed by atoms with Crippen molar-refractivity contribution in [1.29, 1.82) is 5.41 Å². The largest absolute Gasteiger partial charge is 0.405 e. The van der Waals surface area contributed by atoms with Crippen LogP contribution in [0, 0.1) is 5.41 Å². The van der Waals surface area contributed by atoms with E-state index in [-0.39, 0.29) is 5.71 Å². The smallest absolute Gasteiger partial charge is 0.128 e. The molecule has 0 radical (unpaired) electrons. The van der Waals surface area contributed by atoms with E-state index in [0.29, 0.717) is 11.4 Å². The maximum atomic E-state index is 7.38. The Morgan fingerprint density at radius 3 is 2.91 bits per heavy atom. The van der Waals surface area contributed by atoms with Gasteiger partial charge < -0.3 is 16.9 Å². The minimum Gasteiger partial charge on any atom is -0.405 e. The van der Waals surface area contributed by atoms with Crippen LogP contribution in [0.4, 0.5) is 5.82 Å². The highest BCUT2D eigenvalue weighted by Gasteiger charge is 2.03. The minimum absolute atomic E-state index is 0.249. The lowest BCUT2D eigenvalue weighted by molar-refractivity contribution is 1.10. The number of hydrogen-bond donors (Lipinski definition) is 4. The maximum absolute atomic E-state index is 7.38. The third-order valence-electron chi connectivity index (χ3n) is 1.22. The summed E-state index contributed by atoms with van der Waals surface area (Å²) in [4.78, 5) is 0. The van der Waals surface area contributed by atoms with Crippen molar-refractivity contribution in [1.82, 2.24) is 10.2 Å². The number of anilines is 1. The van der Waals surface area contributed by atoms with Crippen LogP contribution in [0.3, 0.4) is 0 Å². The molecule has 11 heavy (non-hydrogen) atoms. The fourth-order valence-corrected chi connectivity index (χ4v) is 0.697. The third kappa shape index (κ3) is 1.37. The number of nitrogens with two attached hydrogens (primary N) is 2. The highest BCUT2D eigenvalue weighted by atomic mass is 15.1. The molecule has 0 saturated carbocycles. The summed E-state index contributed by atoms with van der Waals surface area (Å²) in [5.41, 5.74) is 11.3. The maximum Gasteiger partial charge on any atom is 0.128 e. The van der Waals surface area contributed by atoms with Crippen molar-refractivity contribution in [3.05, 3.63) is 24.0 Å². The summed E-state index contributed by atoms with van der Waals surface area (Å²) in [7, 11) is 0. The van der Waals surface area contributed by atoms with Gasteiger partial charge in [-0.25, -0.2) is 0 Å². The van der Waals surface area contributed by atoms with E-state index in [1.54, 1.807) is 0 Å². The van der Waals surface area contributed by atoms with Gasteiger partial charge in [-0.3, -0.25) is 5.10 Å². The number of nitrogen functional groups attached to an aromatic ring is 1. The van der Waals surface area contributed by atoms with Gasteiger partial charge >= 0.3 is 0 Å². The molecule has 0 unspecified atom stereocenters. The third-order valence-corrected chi connectivity index (χ3v) is 1.22. The molecule has 0 fully saturated rings. The summed E-state index contributed by atoms with van der Waals surface area (Å²) in [6.45, 7) is 0. The van der Waals surface area contributed by atoms with Crippen molar-refractivity contribution >= 4 is 11.5 Å². The summed E-state index contributed by atoms with van der Waals surface area (Å²) in [6.07, 6.45) is 4.22. The van der Waals surface area contributed by atoms with Gasteiger partial charge in [0.1, 0.15) is 5.82 Å². The van der Waals surface area contributed by atoms with E-state index in [2.05, 4.69) is 10.2 Å². The summed E-state index contributed by atoms with van der Waals surface area (Å²) in [5.74, 6) is 0.383. The van der Waals surface area contributed by atoms with E-state index in [9.17, 15) is 0 Å². The molecule has 5 nitrogen and oxygen atoms in total. The number of nitrogens with zero attached hydrogens (tertiary/aromatic N) is 1. The van der Waals surface area contributed by atoms with E-state index in [0.717, 1.165) is 0 Å². The van der Waals surface area contributed by atoms with Gasteiger partial charge in [0.15, 0.2) is 0 Å². The quantitative estimate of drug-likeness (QED) is 0.441. The fraction of sp³-hybridized carbons (Fsp3) is 0. The number of hydrogen-bond acceptors (Lipinski definition) is 4. The second kappa shape index (κ2) is 2.87. The lowest BCUT2D eigenvalue weighted by Crippen LogP contribution is -1.98. The van der Waals surface area contributed by atoms with Crippen LogP contribution < -0.4 is 11.5 Å². The van der Waals surface area contributed by atoms with Gasteiger partial charge in [-0.2, -0.15) is 5.10 Å². The van der Waals surface area contributed by atoms with Gasteiger partial charge in [0.2, 0.25) is 0 Å². The number of aromatic amines is 1. The summed E-state index contributed by atoms with van der Waals surface area (Å²) < 4.78 is 0. The Kier molecular flexibility index (Phi) is 1.91. The SMILES string of the molecule is N=C(/C=C\N)c1cn[nH]c1N. The first-order valence-electron chi connectivity index (χ1n) is 3.01. The van der Waals surface area contributed by atoms with Crippen molar-refractivity contribution in [2.75, 3.05) is 5.73 Å². The predicted molar refractivity (Wildman–Crippen MR) is 43.2 cm³/mol. The molecule has 0 aliphatic carbocycles. The zero-order valence-corrected chi connectivity index (χ0v) is 5.83. The highest BCUT2D eigenvalue weighted by molar-refractivity contribution is 6.09. The van der Waals surface area contributed by atoms with E-state index < -0.39 is 0 Å². The van der Waals surface area contributed by atoms with Gasteiger partial charge in [0.05, 0.1) is 17.5 Å². The zero-order chi connectivity index (χ0) is 8.27. The van der Waals surface area contributed by atoms with Crippen LogP contribution in [0.5, 0.6) is 0 Å². The molecular weight excluding hydrogens is 142 g/mol. The van der Waals surface area contributed by atoms with E-state index in [4.69, 9.17) is 16.9 Å². The van der Waals surface area contributed by atoms with Crippen LogP contribution in [-0.2, 0) is 0 Å².